The van der Waals surface area contributed by atoms with Crippen LogP contribution in [0, 0.1) is 11.7 Å². The quantitative estimate of drug-likeness (QED) is 0.182. The molecule has 1 amide bonds. The van der Waals surface area contributed by atoms with Gasteiger partial charge in [0.05, 0.1) is 36.0 Å². The van der Waals surface area contributed by atoms with E-state index in [2.05, 4.69) is 20.6 Å². The summed E-state index contributed by atoms with van der Waals surface area (Å²) >= 11 is 5.94. The number of hydrogen-bond acceptors (Lipinski definition) is 9. The van der Waals surface area contributed by atoms with Crippen molar-refractivity contribution in [2.45, 2.75) is 32.7 Å². The number of nitrogens with one attached hydrogen (secondary N) is 2. The Morgan fingerprint density at radius 2 is 2.07 bits per heavy atom. The van der Waals surface area contributed by atoms with E-state index in [0.29, 0.717) is 46.4 Å². The third-order valence-electron chi connectivity index (χ3n) is 6.52. The zero-order valence-electron chi connectivity index (χ0n) is 22.9. The summed E-state index contributed by atoms with van der Waals surface area (Å²) in [6, 6.07) is 7.13. The lowest BCUT2D eigenvalue weighted by molar-refractivity contribution is -0.148. The Hall–Kier alpha value is -3.80. The molecule has 218 valence electrons. The number of esters is 1. The highest BCUT2D eigenvalue weighted by Gasteiger charge is 2.23. The molecule has 0 radical (unpaired) electrons. The molecular formula is C29H33ClFN5O5. The molecule has 1 heterocycles. The number of aromatic nitrogens is 2. The lowest BCUT2D eigenvalue weighted by Gasteiger charge is -2.25. The number of benzene rings is 2. The van der Waals surface area contributed by atoms with Gasteiger partial charge in [-0.05, 0) is 56.9 Å². The van der Waals surface area contributed by atoms with E-state index in [1.165, 1.54) is 24.5 Å². The van der Waals surface area contributed by atoms with Crippen LogP contribution in [0.1, 0.15) is 26.7 Å². The summed E-state index contributed by atoms with van der Waals surface area (Å²) in [5.41, 5.74) is 1.54. The molecule has 0 bridgehead atoms. The second-order valence-corrected chi connectivity index (χ2v) is 10.0. The number of carbonyl (C=O) groups is 2. The van der Waals surface area contributed by atoms with Crippen molar-refractivity contribution in [1.82, 2.24) is 14.9 Å². The molecule has 0 spiro atoms. The molecule has 0 unspecified atom stereocenters. The zero-order valence-corrected chi connectivity index (χ0v) is 23.7. The van der Waals surface area contributed by atoms with Crippen LogP contribution < -0.4 is 15.4 Å². The molecular weight excluding hydrogens is 553 g/mol. The summed E-state index contributed by atoms with van der Waals surface area (Å²) in [6.07, 6.45) is 6.57. The molecule has 12 heteroatoms. The minimum absolute atomic E-state index is 0.0296. The first-order valence-electron chi connectivity index (χ1n) is 13.4. The van der Waals surface area contributed by atoms with Crippen molar-refractivity contribution in [3.8, 4) is 5.75 Å². The average Bonchev–Trinajstić information content (AvgIpc) is 3.78. The summed E-state index contributed by atoms with van der Waals surface area (Å²) in [5, 5.41) is 16.0. The number of carbonyl (C=O) groups excluding carboxylic acids is 2. The van der Waals surface area contributed by atoms with E-state index < -0.39 is 23.7 Å². The van der Waals surface area contributed by atoms with E-state index in [-0.39, 0.29) is 31.3 Å². The lowest BCUT2D eigenvalue weighted by atomic mass is 10.1. The topological polar surface area (TPSA) is 126 Å². The van der Waals surface area contributed by atoms with Crippen molar-refractivity contribution in [2.75, 3.05) is 43.5 Å². The van der Waals surface area contributed by atoms with Gasteiger partial charge in [0.1, 0.15) is 29.8 Å². The first-order valence-corrected chi connectivity index (χ1v) is 13.8. The van der Waals surface area contributed by atoms with Gasteiger partial charge < -0.3 is 25.2 Å². The van der Waals surface area contributed by atoms with E-state index in [1.807, 2.05) is 0 Å². The Kier molecular flexibility index (Phi) is 10.4. The molecule has 0 aliphatic heterocycles. The van der Waals surface area contributed by atoms with Gasteiger partial charge >= 0.3 is 5.97 Å². The van der Waals surface area contributed by atoms with Crippen LogP contribution >= 0.6 is 11.6 Å². The van der Waals surface area contributed by atoms with E-state index in [0.717, 1.165) is 12.8 Å². The first kappa shape index (κ1) is 30.2. The van der Waals surface area contributed by atoms with Crippen molar-refractivity contribution in [3.05, 3.63) is 59.7 Å². The van der Waals surface area contributed by atoms with Crippen LogP contribution in [-0.4, -0.2) is 70.8 Å². The first-order chi connectivity index (χ1) is 19.8. The number of hydrogen-bond donors (Lipinski definition) is 3. The van der Waals surface area contributed by atoms with Crippen LogP contribution in [-0.2, 0) is 14.3 Å². The van der Waals surface area contributed by atoms with Crippen LogP contribution in [0.15, 0.2) is 48.8 Å². The molecule has 1 aliphatic carbocycles. The number of fused-ring (bicyclic) bond motifs is 1. The molecule has 1 atom stereocenters. The van der Waals surface area contributed by atoms with Gasteiger partial charge in [-0.1, -0.05) is 17.7 Å². The monoisotopic (exact) mass is 585 g/mol. The third kappa shape index (κ3) is 8.35. The second kappa shape index (κ2) is 14.2. The number of ether oxygens (including phenoxy) is 2. The Balaban J connectivity index is 1.55. The van der Waals surface area contributed by atoms with Crippen molar-refractivity contribution in [3.63, 3.8) is 0 Å². The molecule has 4 rings (SSSR count). The number of anilines is 3. The zero-order chi connectivity index (χ0) is 29.4. The predicted octanol–water partition coefficient (Wildman–Crippen LogP) is 4.70. The summed E-state index contributed by atoms with van der Waals surface area (Å²) in [5.74, 6) is 0.0458. The van der Waals surface area contributed by atoms with Gasteiger partial charge in [-0.25, -0.2) is 14.4 Å². The summed E-state index contributed by atoms with van der Waals surface area (Å²) in [7, 11) is 0. The summed E-state index contributed by atoms with van der Waals surface area (Å²) in [4.78, 5) is 35.5. The molecule has 0 saturated heterocycles. The van der Waals surface area contributed by atoms with Gasteiger partial charge in [-0.15, -0.1) is 0 Å². The average molecular weight is 586 g/mol. The maximum atomic E-state index is 13.6. The number of rotatable bonds is 14. The van der Waals surface area contributed by atoms with Crippen molar-refractivity contribution >= 4 is 51.6 Å². The van der Waals surface area contributed by atoms with Crippen LogP contribution in [0.25, 0.3) is 10.9 Å². The number of aliphatic hydroxyl groups is 1. The van der Waals surface area contributed by atoms with Crippen LogP contribution in [0.3, 0.4) is 0 Å². The highest BCUT2D eigenvalue weighted by atomic mass is 35.5. The minimum Gasteiger partial charge on any atom is -0.491 e. The molecule has 1 saturated carbocycles. The molecule has 1 fully saturated rings. The van der Waals surface area contributed by atoms with Gasteiger partial charge in [0.2, 0.25) is 5.91 Å². The fraction of sp³-hybridized carbons (Fsp3) is 0.379. The van der Waals surface area contributed by atoms with E-state index in [4.69, 9.17) is 21.1 Å². The molecule has 10 nitrogen and oxygen atoms in total. The predicted molar refractivity (Wildman–Crippen MR) is 155 cm³/mol. The summed E-state index contributed by atoms with van der Waals surface area (Å²) in [6.45, 7) is 4.54. The maximum absolute atomic E-state index is 13.6. The standard InChI is InChI=1S/C29H33ClFN5O5/c1-3-40-29(39)18(2)36(11-12-37)10-4-5-27(38)35-25-14-21-24(15-26(25)41-16-19-6-7-19)32-17-33-28(21)34-20-8-9-23(31)22(30)13-20/h4-5,8-9,13-15,17-19,37H,3,6-7,10-12,16H2,1-2H3,(H,35,38)(H,32,33,34)/b5-4+/t18-/m0/s1. The van der Waals surface area contributed by atoms with Crippen LogP contribution in [0.2, 0.25) is 5.02 Å². The minimum atomic E-state index is -0.584. The Bertz CT molecular complexity index is 1420. The molecule has 2 aromatic carbocycles. The number of amides is 1. The van der Waals surface area contributed by atoms with Crippen LogP contribution in [0.4, 0.5) is 21.6 Å². The second-order valence-electron chi connectivity index (χ2n) is 9.63. The largest absolute Gasteiger partial charge is 0.491 e. The fourth-order valence-corrected chi connectivity index (χ4v) is 4.24. The molecule has 1 aromatic heterocycles. The molecule has 3 N–H and O–H groups in total. The highest BCUT2D eigenvalue weighted by Crippen LogP contribution is 2.36. The SMILES string of the molecule is CCOC(=O)[C@H](C)N(C/C=C/C(=O)Nc1cc2c(Nc3ccc(F)c(Cl)c3)ncnc2cc1OCC1CC1)CCO. The van der Waals surface area contributed by atoms with E-state index in [9.17, 15) is 19.1 Å². The number of halogens is 2. The Morgan fingerprint density at radius 1 is 1.27 bits per heavy atom. The molecule has 3 aromatic rings. The highest BCUT2D eigenvalue weighted by molar-refractivity contribution is 6.31. The van der Waals surface area contributed by atoms with Gasteiger partial charge in [0, 0.05) is 36.3 Å². The van der Waals surface area contributed by atoms with E-state index >= 15 is 0 Å². The number of nitrogens with zero attached hydrogens (tertiary/aromatic N) is 3. The Morgan fingerprint density at radius 3 is 2.78 bits per heavy atom. The van der Waals surface area contributed by atoms with Gasteiger partial charge in [0.15, 0.2) is 0 Å². The fourth-order valence-electron chi connectivity index (χ4n) is 4.06. The third-order valence-corrected chi connectivity index (χ3v) is 6.81. The van der Waals surface area contributed by atoms with Gasteiger partial charge in [-0.3, -0.25) is 14.5 Å². The van der Waals surface area contributed by atoms with Crippen LogP contribution in [0.5, 0.6) is 5.75 Å². The van der Waals surface area contributed by atoms with Gasteiger partial charge in [-0.2, -0.15) is 0 Å². The number of aliphatic hydroxyl groups excluding tert-OH is 1. The Labute approximate surface area is 242 Å². The van der Waals surface area contributed by atoms with Gasteiger partial charge in [0.25, 0.3) is 0 Å². The summed E-state index contributed by atoms with van der Waals surface area (Å²) < 4.78 is 24.8. The van der Waals surface area contributed by atoms with E-state index in [1.54, 1.807) is 43.0 Å². The lowest BCUT2D eigenvalue weighted by Crippen LogP contribution is -2.41. The normalized spacial score (nSPS) is 13.9. The van der Waals surface area contributed by atoms with Crippen molar-refractivity contribution in [1.29, 1.82) is 0 Å². The smallest absolute Gasteiger partial charge is 0.323 e. The maximum Gasteiger partial charge on any atom is 0.323 e. The van der Waals surface area contributed by atoms with Crippen molar-refractivity contribution in [2.24, 2.45) is 5.92 Å². The molecule has 41 heavy (non-hydrogen) atoms. The molecule has 1 aliphatic rings. The van der Waals surface area contributed by atoms with Crippen molar-refractivity contribution < 1.29 is 28.6 Å².